The number of fused-ring (bicyclic) bond motifs is 1. The maximum absolute atomic E-state index is 12.4. The van der Waals surface area contributed by atoms with Crippen LogP contribution in [0.3, 0.4) is 0 Å². The van der Waals surface area contributed by atoms with Gasteiger partial charge in [0, 0.05) is 24.9 Å². The van der Waals surface area contributed by atoms with Gasteiger partial charge < -0.3 is 4.57 Å². The summed E-state index contributed by atoms with van der Waals surface area (Å²) >= 11 is 1.17. The molecule has 126 valence electrons. The van der Waals surface area contributed by atoms with Crippen LogP contribution < -0.4 is 4.80 Å². The van der Waals surface area contributed by atoms with Crippen molar-refractivity contribution in [3.63, 3.8) is 0 Å². The summed E-state index contributed by atoms with van der Waals surface area (Å²) < 4.78 is 3.90. The maximum atomic E-state index is 12.4. The van der Waals surface area contributed by atoms with Gasteiger partial charge in [0.25, 0.3) is 11.6 Å². The smallest absolute Gasteiger partial charge is 0.300 e. The van der Waals surface area contributed by atoms with Crippen molar-refractivity contribution in [3.8, 4) is 12.3 Å². The molecular weight excluding hydrogens is 342 g/mol. The Hall–Kier alpha value is -3.25. The zero-order valence-electron chi connectivity index (χ0n) is 13.5. The van der Waals surface area contributed by atoms with Crippen molar-refractivity contribution in [2.45, 2.75) is 13.5 Å². The molecule has 8 nitrogen and oxygen atoms in total. The van der Waals surface area contributed by atoms with Gasteiger partial charge in [0.1, 0.15) is 0 Å². The first-order valence-corrected chi connectivity index (χ1v) is 8.03. The second-order valence-electron chi connectivity index (χ2n) is 5.30. The van der Waals surface area contributed by atoms with E-state index in [1.807, 2.05) is 6.92 Å². The number of hydrogen-bond acceptors (Lipinski definition) is 5. The third-order valence-corrected chi connectivity index (χ3v) is 4.70. The molecule has 25 heavy (non-hydrogen) atoms. The van der Waals surface area contributed by atoms with Crippen LogP contribution >= 0.6 is 11.3 Å². The largest absolute Gasteiger partial charge is 0.305 e. The predicted octanol–water partition coefficient (Wildman–Crippen LogP) is 2.03. The van der Waals surface area contributed by atoms with Gasteiger partial charge in [-0.25, -0.2) is 0 Å². The van der Waals surface area contributed by atoms with Gasteiger partial charge in [-0.05, 0) is 19.1 Å². The molecule has 0 saturated carbocycles. The maximum Gasteiger partial charge on any atom is 0.300 e. The Morgan fingerprint density at radius 2 is 2.24 bits per heavy atom. The summed E-state index contributed by atoms with van der Waals surface area (Å²) in [6.45, 7) is 2.03. The number of aryl methyl sites for hydroxylation is 2. The first kappa shape index (κ1) is 16.6. The lowest BCUT2D eigenvalue weighted by molar-refractivity contribution is -0.384. The number of terminal acetylenes is 1. The van der Waals surface area contributed by atoms with E-state index in [2.05, 4.69) is 16.0 Å². The third-order valence-electron chi connectivity index (χ3n) is 3.66. The monoisotopic (exact) mass is 355 g/mol. The van der Waals surface area contributed by atoms with Crippen LogP contribution in [0.4, 0.5) is 5.69 Å². The van der Waals surface area contributed by atoms with E-state index in [-0.39, 0.29) is 17.9 Å². The molecule has 0 aliphatic heterocycles. The Morgan fingerprint density at radius 3 is 2.84 bits per heavy atom. The summed E-state index contributed by atoms with van der Waals surface area (Å²) in [6, 6.07) is 6.10. The van der Waals surface area contributed by atoms with E-state index in [1.165, 1.54) is 23.5 Å². The number of aromatic nitrogens is 3. The summed E-state index contributed by atoms with van der Waals surface area (Å²) in [7, 11) is 1.74. The van der Waals surface area contributed by atoms with Crippen LogP contribution in [0.2, 0.25) is 0 Å². The zero-order valence-corrected chi connectivity index (χ0v) is 14.3. The minimum absolute atomic E-state index is 0.0279. The molecule has 2 aromatic heterocycles. The first-order chi connectivity index (χ1) is 11.9. The molecule has 1 amide bonds. The van der Waals surface area contributed by atoms with E-state index in [0.717, 1.165) is 5.69 Å². The van der Waals surface area contributed by atoms with Gasteiger partial charge >= 0.3 is 0 Å². The first-order valence-electron chi connectivity index (χ1n) is 7.21. The molecule has 0 aliphatic rings. The standard InChI is InChI=1S/C16H13N5O3S/c1-4-7-20-13-6-5-11(21(23)24)9-14(13)25-16(20)17-15(22)12-8-10(2)19(3)18-12/h1,5-6,8-9H,7H2,2-3H3. The Labute approximate surface area is 146 Å². The second kappa shape index (κ2) is 6.33. The number of benzene rings is 1. The third kappa shape index (κ3) is 3.07. The number of thiazole rings is 1. The molecule has 0 atom stereocenters. The molecule has 0 aliphatic carbocycles. The fourth-order valence-electron chi connectivity index (χ4n) is 2.31. The Morgan fingerprint density at radius 1 is 1.48 bits per heavy atom. The van der Waals surface area contributed by atoms with Crippen LogP contribution in [0.25, 0.3) is 10.2 Å². The SMILES string of the molecule is C#CCn1c(=NC(=O)c2cc(C)n(C)n2)sc2cc([N+](=O)[O-])ccc21. The average molecular weight is 355 g/mol. The van der Waals surface area contributed by atoms with Gasteiger partial charge in [-0.15, -0.1) is 6.42 Å². The molecule has 0 radical (unpaired) electrons. The van der Waals surface area contributed by atoms with Gasteiger partial charge in [0.15, 0.2) is 10.5 Å². The minimum atomic E-state index is -0.490. The lowest BCUT2D eigenvalue weighted by Crippen LogP contribution is -2.16. The van der Waals surface area contributed by atoms with Gasteiger partial charge in [0.05, 0.1) is 21.7 Å². The van der Waals surface area contributed by atoms with E-state index >= 15 is 0 Å². The fourth-order valence-corrected chi connectivity index (χ4v) is 3.37. The highest BCUT2D eigenvalue weighted by Gasteiger charge is 2.14. The molecule has 0 saturated heterocycles. The van der Waals surface area contributed by atoms with Gasteiger partial charge in [-0.1, -0.05) is 17.3 Å². The molecule has 3 aromatic rings. The van der Waals surface area contributed by atoms with Gasteiger partial charge in [-0.3, -0.25) is 19.6 Å². The Balaban J connectivity index is 2.16. The van der Waals surface area contributed by atoms with Crippen molar-refractivity contribution in [2.75, 3.05) is 0 Å². The summed E-state index contributed by atoms with van der Waals surface area (Å²) in [5.74, 6) is 2.02. The summed E-state index contributed by atoms with van der Waals surface area (Å²) in [6.07, 6.45) is 5.41. The second-order valence-corrected chi connectivity index (χ2v) is 6.30. The molecule has 0 spiro atoms. The van der Waals surface area contributed by atoms with E-state index in [0.29, 0.717) is 15.0 Å². The fraction of sp³-hybridized carbons (Fsp3) is 0.188. The number of non-ortho nitro benzene ring substituents is 1. The molecular formula is C16H13N5O3S. The Kier molecular flexibility index (Phi) is 4.21. The summed E-state index contributed by atoms with van der Waals surface area (Å²) in [4.78, 5) is 27.3. The number of nitro benzene ring substituents is 1. The highest BCUT2D eigenvalue weighted by Crippen LogP contribution is 2.23. The minimum Gasteiger partial charge on any atom is -0.305 e. The van der Waals surface area contributed by atoms with Gasteiger partial charge in [-0.2, -0.15) is 10.1 Å². The van der Waals surface area contributed by atoms with Crippen LogP contribution in [0.5, 0.6) is 0 Å². The molecule has 3 rings (SSSR count). The molecule has 0 unspecified atom stereocenters. The van der Waals surface area contributed by atoms with E-state index in [4.69, 9.17) is 6.42 Å². The summed E-state index contributed by atoms with van der Waals surface area (Å²) in [5, 5.41) is 15.1. The van der Waals surface area contributed by atoms with E-state index < -0.39 is 10.8 Å². The number of carbonyl (C=O) groups excluding carboxylic acids is 1. The van der Waals surface area contributed by atoms with Crippen LogP contribution in [0, 0.1) is 29.4 Å². The predicted molar refractivity (Wildman–Crippen MR) is 93.1 cm³/mol. The molecule has 1 aromatic carbocycles. The number of nitrogens with zero attached hydrogens (tertiary/aromatic N) is 5. The molecule has 0 bridgehead atoms. The van der Waals surface area contributed by atoms with Crippen molar-refractivity contribution in [1.82, 2.24) is 14.3 Å². The normalized spacial score (nSPS) is 11.6. The quantitative estimate of drug-likeness (QED) is 0.408. The topological polar surface area (TPSA) is 95.3 Å². The zero-order chi connectivity index (χ0) is 18.1. The van der Waals surface area contributed by atoms with Crippen LogP contribution in [0.1, 0.15) is 16.2 Å². The number of rotatable bonds is 3. The number of carbonyl (C=O) groups is 1. The van der Waals surface area contributed by atoms with E-state index in [9.17, 15) is 14.9 Å². The average Bonchev–Trinajstić information content (AvgIpc) is 3.08. The lowest BCUT2D eigenvalue weighted by atomic mass is 10.3. The number of hydrogen-bond donors (Lipinski definition) is 0. The molecule has 9 heteroatoms. The van der Waals surface area contributed by atoms with Crippen LogP contribution in [-0.2, 0) is 13.6 Å². The molecule has 0 fully saturated rings. The van der Waals surface area contributed by atoms with Gasteiger partial charge in [0.2, 0.25) is 0 Å². The molecule has 0 N–H and O–H groups in total. The summed E-state index contributed by atoms with van der Waals surface area (Å²) in [5.41, 5.74) is 1.73. The van der Waals surface area contributed by atoms with Crippen molar-refractivity contribution >= 4 is 33.1 Å². The van der Waals surface area contributed by atoms with Crippen molar-refractivity contribution in [2.24, 2.45) is 12.0 Å². The highest BCUT2D eigenvalue weighted by molar-refractivity contribution is 7.16. The molecule has 2 heterocycles. The van der Waals surface area contributed by atoms with Crippen LogP contribution in [0.15, 0.2) is 29.3 Å². The van der Waals surface area contributed by atoms with E-state index in [1.54, 1.807) is 28.4 Å². The van der Waals surface area contributed by atoms with Crippen molar-refractivity contribution in [1.29, 1.82) is 0 Å². The number of amides is 1. The highest BCUT2D eigenvalue weighted by atomic mass is 32.1. The lowest BCUT2D eigenvalue weighted by Gasteiger charge is -1.99. The van der Waals surface area contributed by atoms with Crippen molar-refractivity contribution in [3.05, 3.63) is 50.6 Å². The Bertz CT molecular complexity index is 1090. The van der Waals surface area contributed by atoms with Crippen LogP contribution in [-0.4, -0.2) is 25.2 Å². The van der Waals surface area contributed by atoms with Crippen molar-refractivity contribution < 1.29 is 9.72 Å². The number of nitro groups is 1.